The zero-order valence-corrected chi connectivity index (χ0v) is 7.80. The van der Waals surface area contributed by atoms with E-state index in [2.05, 4.69) is 11.9 Å². The monoisotopic (exact) mass is 182 g/mol. The van der Waals surface area contributed by atoms with E-state index < -0.39 is 0 Å². The van der Waals surface area contributed by atoms with Gasteiger partial charge in [0.1, 0.15) is 0 Å². The number of carbonyl (C=O) groups is 2. The molecule has 1 N–H and O–H groups in total. The van der Waals surface area contributed by atoms with Gasteiger partial charge in [-0.3, -0.25) is 9.59 Å². The Morgan fingerprint density at radius 2 is 2.38 bits per heavy atom. The fraction of sp³-hybridized carbons (Fsp3) is 0.556. The first-order chi connectivity index (χ1) is 6.11. The van der Waals surface area contributed by atoms with Gasteiger partial charge in [0.25, 0.3) is 0 Å². The van der Waals surface area contributed by atoms with Gasteiger partial charge in [-0.25, -0.2) is 0 Å². The van der Waals surface area contributed by atoms with Crippen LogP contribution in [0.2, 0.25) is 0 Å². The van der Waals surface area contributed by atoms with Crippen LogP contribution in [0.5, 0.6) is 0 Å². The molecule has 0 aromatic rings. The number of rotatable bonds is 3. The topological polar surface area (TPSA) is 49.4 Å². The third kappa shape index (κ3) is 2.57. The number of hydrogen-bond acceptors (Lipinski definition) is 2. The van der Waals surface area contributed by atoms with E-state index in [1.165, 1.54) is 0 Å². The van der Waals surface area contributed by atoms with Crippen LogP contribution in [0.3, 0.4) is 0 Å². The molecular formula is C9H14N2O2. The van der Waals surface area contributed by atoms with E-state index in [9.17, 15) is 9.59 Å². The third-order valence-corrected chi connectivity index (χ3v) is 1.99. The Labute approximate surface area is 77.6 Å². The Balaban J connectivity index is 2.30. The predicted octanol–water partition coefficient (Wildman–Crippen LogP) is 0.259. The fourth-order valence-electron chi connectivity index (χ4n) is 1.19. The molecule has 4 heteroatoms. The normalized spacial score (nSPS) is 16.1. The fourth-order valence-corrected chi connectivity index (χ4v) is 1.19. The number of amides is 2. The first kappa shape index (κ1) is 9.77. The summed E-state index contributed by atoms with van der Waals surface area (Å²) in [6.45, 7) is 6.20. The highest BCUT2D eigenvalue weighted by atomic mass is 16.2. The van der Waals surface area contributed by atoms with Crippen molar-refractivity contribution in [3.63, 3.8) is 0 Å². The smallest absolute Gasteiger partial charge is 0.247 e. The van der Waals surface area contributed by atoms with Gasteiger partial charge >= 0.3 is 0 Å². The van der Waals surface area contributed by atoms with Crippen LogP contribution in [-0.2, 0) is 9.59 Å². The van der Waals surface area contributed by atoms with E-state index in [4.69, 9.17) is 0 Å². The van der Waals surface area contributed by atoms with Gasteiger partial charge < -0.3 is 10.2 Å². The Morgan fingerprint density at radius 1 is 1.69 bits per heavy atom. The average molecular weight is 182 g/mol. The number of likely N-dealkylation sites (tertiary alicyclic amines) is 1. The van der Waals surface area contributed by atoms with Crippen LogP contribution in [0, 0.1) is 0 Å². The van der Waals surface area contributed by atoms with Crippen molar-refractivity contribution < 1.29 is 9.59 Å². The van der Waals surface area contributed by atoms with Gasteiger partial charge in [0.05, 0.1) is 6.67 Å². The van der Waals surface area contributed by atoms with E-state index >= 15 is 0 Å². The number of carbonyl (C=O) groups excluding carboxylic acids is 2. The molecule has 13 heavy (non-hydrogen) atoms. The van der Waals surface area contributed by atoms with Crippen molar-refractivity contribution in [3.05, 3.63) is 12.2 Å². The molecule has 0 aromatic carbocycles. The molecule has 0 aromatic heterocycles. The molecule has 4 nitrogen and oxygen atoms in total. The highest BCUT2D eigenvalue weighted by Crippen LogP contribution is 2.07. The van der Waals surface area contributed by atoms with Crippen LogP contribution in [-0.4, -0.2) is 29.9 Å². The summed E-state index contributed by atoms with van der Waals surface area (Å²) >= 11 is 0. The van der Waals surface area contributed by atoms with Crippen LogP contribution in [0.15, 0.2) is 12.2 Å². The van der Waals surface area contributed by atoms with Crippen LogP contribution in [0.4, 0.5) is 0 Å². The lowest BCUT2D eigenvalue weighted by molar-refractivity contribution is -0.128. The molecule has 1 rings (SSSR count). The second-order valence-corrected chi connectivity index (χ2v) is 3.21. The summed E-state index contributed by atoms with van der Waals surface area (Å²) in [5.41, 5.74) is 0.464. The van der Waals surface area contributed by atoms with Gasteiger partial charge in [0.2, 0.25) is 11.8 Å². The second-order valence-electron chi connectivity index (χ2n) is 3.21. The summed E-state index contributed by atoms with van der Waals surface area (Å²) in [6, 6.07) is 0. The minimum Gasteiger partial charge on any atom is -0.335 e. The maximum Gasteiger partial charge on any atom is 0.247 e. The summed E-state index contributed by atoms with van der Waals surface area (Å²) in [7, 11) is 0. The van der Waals surface area contributed by atoms with Crippen molar-refractivity contribution >= 4 is 11.8 Å². The Kier molecular flexibility index (Phi) is 3.06. The first-order valence-corrected chi connectivity index (χ1v) is 4.32. The van der Waals surface area contributed by atoms with Gasteiger partial charge in [-0.1, -0.05) is 6.58 Å². The van der Waals surface area contributed by atoms with Crippen molar-refractivity contribution in [2.24, 2.45) is 0 Å². The molecule has 72 valence electrons. The van der Waals surface area contributed by atoms with Crippen molar-refractivity contribution in [1.29, 1.82) is 0 Å². The van der Waals surface area contributed by atoms with E-state index in [0.717, 1.165) is 13.0 Å². The minimum absolute atomic E-state index is 0.113. The van der Waals surface area contributed by atoms with E-state index in [1.807, 2.05) is 0 Å². The molecule has 1 aliphatic rings. The maximum atomic E-state index is 11.1. The number of nitrogens with zero attached hydrogens (tertiary/aromatic N) is 1. The highest BCUT2D eigenvalue weighted by molar-refractivity contribution is 5.92. The van der Waals surface area contributed by atoms with Gasteiger partial charge in [0.15, 0.2) is 0 Å². The summed E-state index contributed by atoms with van der Waals surface area (Å²) in [5.74, 6) is -0.0817. The summed E-state index contributed by atoms with van der Waals surface area (Å²) in [5, 5.41) is 2.62. The lowest BCUT2D eigenvalue weighted by Crippen LogP contribution is -2.38. The van der Waals surface area contributed by atoms with E-state index in [0.29, 0.717) is 18.7 Å². The zero-order chi connectivity index (χ0) is 9.84. The van der Waals surface area contributed by atoms with Crippen LogP contribution in [0.25, 0.3) is 0 Å². The van der Waals surface area contributed by atoms with Gasteiger partial charge in [0, 0.05) is 18.5 Å². The van der Waals surface area contributed by atoms with Gasteiger partial charge in [-0.2, -0.15) is 0 Å². The largest absolute Gasteiger partial charge is 0.335 e. The van der Waals surface area contributed by atoms with E-state index in [1.54, 1.807) is 11.8 Å². The van der Waals surface area contributed by atoms with Crippen LogP contribution in [0.1, 0.15) is 19.8 Å². The quantitative estimate of drug-likeness (QED) is 0.636. The summed E-state index contributed by atoms with van der Waals surface area (Å²) in [4.78, 5) is 23.8. The number of hydrogen-bond donors (Lipinski definition) is 1. The molecule has 2 amide bonds. The first-order valence-electron chi connectivity index (χ1n) is 4.32. The van der Waals surface area contributed by atoms with Crippen molar-refractivity contribution in [3.8, 4) is 0 Å². The average Bonchev–Trinajstić information content (AvgIpc) is 2.47. The SMILES string of the molecule is C=C(C)C(=O)NCN1CCCC1=O. The van der Waals surface area contributed by atoms with Crippen molar-refractivity contribution in [2.45, 2.75) is 19.8 Å². The molecule has 1 fully saturated rings. The molecule has 1 saturated heterocycles. The van der Waals surface area contributed by atoms with Gasteiger partial charge in [-0.15, -0.1) is 0 Å². The Morgan fingerprint density at radius 3 is 2.85 bits per heavy atom. The molecule has 0 aliphatic carbocycles. The summed E-state index contributed by atoms with van der Waals surface area (Å²) in [6.07, 6.45) is 1.49. The molecular weight excluding hydrogens is 168 g/mol. The van der Waals surface area contributed by atoms with Crippen LogP contribution < -0.4 is 5.32 Å². The molecule has 0 saturated carbocycles. The zero-order valence-electron chi connectivity index (χ0n) is 7.80. The molecule has 0 radical (unpaired) electrons. The Bertz CT molecular complexity index is 248. The third-order valence-electron chi connectivity index (χ3n) is 1.99. The maximum absolute atomic E-state index is 11.1. The van der Waals surface area contributed by atoms with Crippen molar-refractivity contribution in [1.82, 2.24) is 10.2 Å². The van der Waals surface area contributed by atoms with Gasteiger partial charge in [-0.05, 0) is 13.3 Å². The highest BCUT2D eigenvalue weighted by Gasteiger charge is 2.19. The standard InChI is InChI=1S/C9H14N2O2/c1-7(2)9(13)10-6-11-5-3-4-8(11)12/h1,3-6H2,2H3,(H,10,13). The lowest BCUT2D eigenvalue weighted by atomic mass is 10.3. The molecule has 0 bridgehead atoms. The molecule has 0 spiro atoms. The number of nitrogens with one attached hydrogen (secondary N) is 1. The van der Waals surface area contributed by atoms with Crippen molar-refractivity contribution in [2.75, 3.05) is 13.2 Å². The molecule has 1 aliphatic heterocycles. The lowest BCUT2D eigenvalue weighted by Gasteiger charge is -2.15. The van der Waals surface area contributed by atoms with E-state index in [-0.39, 0.29) is 11.8 Å². The Hall–Kier alpha value is -1.32. The second kappa shape index (κ2) is 4.07. The van der Waals surface area contributed by atoms with Crippen LogP contribution >= 0.6 is 0 Å². The molecule has 0 unspecified atom stereocenters. The molecule has 0 atom stereocenters. The minimum atomic E-state index is -0.195. The molecule has 1 heterocycles. The predicted molar refractivity (Wildman–Crippen MR) is 48.8 cm³/mol. The summed E-state index contributed by atoms with van der Waals surface area (Å²) < 4.78 is 0.